The largest absolute Gasteiger partial charge is 0.469 e. The molecule has 2 atom stereocenters. The Kier molecular flexibility index (Phi) is 10.8. The van der Waals surface area contributed by atoms with E-state index in [4.69, 9.17) is 4.74 Å². The van der Waals surface area contributed by atoms with Gasteiger partial charge >= 0.3 is 5.97 Å². The number of nitrogens with zero attached hydrogens (tertiary/aromatic N) is 2. The quantitative estimate of drug-likeness (QED) is 0.315. The van der Waals surface area contributed by atoms with Crippen molar-refractivity contribution < 1.29 is 14.3 Å². The van der Waals surface area contributed by atoms with Crippen molar-refractivity contribution in [2.24, 2.45) is 5.92 Å². The number of esters is 1. The van der Waals surface area contributed by atoms with Crippen LogP contribution in [0.1, 0.15) is 61.0 Å². The number of methoxy groups -OCH3 is 1. The van der Waals surface area contributed by atoms with E-state index in [0.717, 1.165) is 46.3 Å². The van der Waals surface area contributed by atoms with Crippen molar-refractivity contribution >= 4 is 11.9 Å². The van der Waals surface area contributed by atoms with E-state index in [-0.39, 0.29) is 23.8 Å². The molecular formula is C33H43N3O4. The summed E-state index contributed by atoms with van der Waals surface area (Å²) in [5, 5.41) is 3.10. The van der Waals surface area contributed by atoms with Gasteiger partial charge in [0, 0.05) is 18.8 Å². The van der Waals surface area contributed by atoms with Gasteiger partial charge in [-0.2, -0.15) is 0 Å². The smallest absolute Gasteiger partial charge is 0.307 e. The molecular weight excluding hydrogens is 502 g/mol. The zero-order valence-electron chi connectivity index (χ0n) is 24.9. The summed E-state index contributed by atoms with van der Waals surface area (Å²) in [6, 6.07) is 16.1. The summed E-state index contributed by atoms with van der Waals surface area (Å²) < 4.78 is 6.52. The van der Waals surface area contributed by atoms with Crippen molar-refractivity contribution in [2.75, 3.05) is 27.7 Å². The number of aromatic nitrogens is 1. The number of carbonyl (C=O) groups is 2. The standard InChI is InChI=1S/C33H43N3O4/c1-22(2)18-29(36-21-25(14-15-30(36)37)16-17-35(5)6)33(39)34-28(20-31(38)40-7)26-12-9-13-27(19-26)32-23(3)10-8-11-24(32)4/h8-15,19,21-22,28-29H,16-18,20H2,1-7H3,(H,34,39). The lowest BCUT2D eigenvalue weighted by molar-refractivity contribution is -0.141. The fourth-order valence-corrected chi connectivity index (χ4v) is 5.04. The Labute approximate surface area is 238 Å². The van der Waals surface area contributed by atoms with E-state index < -0.39 is 18.1 Å². The summed E-state index contributed by atoms with van der Waals surface area (Å²) in [7, 11) is 5.35. The molecule has 214 valence electrons. The SMILES string of the molecule is COC(=O)CC(NC(=O)C(CC(C)C)n1cc(CCN(C)C)ccc1=O)c1cccc(-c2c(C)cccc2C)c1. The molecule has 1 aromatic heterocycles. The van der Waals surface area contributed by atoms with E-state index in [0.29, 0.717) is 6.42 Å². The molecule has 7 heteroatoms. The van der Waals surface area contributed by atoms with Crippen LogP contribution in [0, 0.1) is 19.8 Å². The van der Waals surface area contributed by atoms with Crippen LogP contribution in [-0.2, 0) is 20.7 Å². The molecule has 1 N–H and O–H groups in total. The molecule has 0 aliphatic rings. The minimum atomic E-state index is -0.714. The fraction of sp³-hybridized carbons (Fsp3) is 0.424. The predicted octanol–water partition coefficient (Wildman–Crippen LogP) is 5.24. The van der Waals surface area contributed by atoms with E-state index in [1.807, 2.05) is 64.3 Å². The van der Waals surface area contributed by atoms with Crippen molar-refractivity contribution in [2.45, 2.75) is 59.0 Å². The number of likely N-dealkylation sites (N-methyl/N-ethyl adjacent to an activating group) is 1. The first-order valence-corrected chi connectivity index (χ1v) is 13.9. The minimum absolute atomic E-state index is 0.0232. The van der Waals surface area contributed by atoms with Gasteiger partial charge < -0.3 is 19.5 Å². The van der Waals surface area contributed by atoms with Crippen LogP contribution in [0.5, 0.6) is 0 Å². The highest BCUT2D eigenvalue weighted by Crippen LogP contribution is 2.30. The van der Waals surface area contributed by atoms with Gasteiger partial charge in [0.1, 0.15) is 6.04 Å². The van der Waals surface area contributed by atoms with E-state index in [2.05, 4.69) is 36.2 Å². The van der Waals surface area contributed by atoms with E-state index in [9.17, 15) is 14.4 Å². The highest BCUT2D eigenvalue weighted by atomic mass is 16.5. The van der Waals surface area contributed by atoms with Gasteiger partial charge in [0.05, 0.1) is 19.6 Å². The molecule has 1 amide bonds. The summed E-state index contributed by atoms with van der Waals surface area (Å²) >= 11 is 0. The highest BCUT2D eigenvalue weighted by molar-refractivity contribution is 5.82. The Bertz CT molecular complexity index is 1360. The van der Waals surface area contributed by atoms with Crippen LogP contribution < -0.4 is 10.9 Å². The monoisotopic (exact) mass is 545 g/mol. The van der Waals surface area contributed by atoms with Gasteiger partial charge in [-0.05, 0) is 86.1 Å². The van der Waals surface area contributed by atoms with Crippen LogP contribution in [0.4, 0.5) is 0 Å². The maximum absolute atomic E-state index is 13.9. The van der Waals surface area contributed by atoms with Crippen molar-refractivity contribution in [1.82, 2.24) is 14.8 Å². The summed E-state index contributed by atoms with van der Waals surface area (Å²) in [5.41, 5.74) is 6.01. The molecule has 0 aliphatic carbocycles. The van der Waals surface area contributed by atoms with E-state index in [1.54, 1.807) is 10.8 Å². The van der Waals surface area contributed by atoms with Gasteiger partial charge in [0.2, 0.25) is 5.91 Å². The summed E-state index contributed by atoms with van der Waals surface area (Å²) in [5.74, 6) is -0.558. The van der Waals surface area contributed by atoms with Gasteiger partial charge in [-0.3, -0.25) is 14.4 Å². The molecule has 0 radical (unpaired) electrons. The Hall–Kier alpha value is -3.71. The Morgan fingerprint density at radius 2 is 1.68 bits per heavy atom. The van der Waals surface area contributed by atoms with Gasteiger partial charge in [-0.25, -0.2) is 0 Å². The van der Waals surface area contributed by atoms with Gasteiger partial charge in [0.25, 0.3) is 5.56 Å². The average Bonchev–Trinajstić information content (AvgIpc) is 2.90. The molecule has 3 aromatic rings. The van der Waals surface area contributed by atoms with Crippen LogP contribution in [0.15, 0.2) is 65.6 Å². The van der Waals surface area contributed by atoms with Crippen molar-refractivity contribution in [3.8, 4) is 11.1 Å². The lowest BCUT2D eigenvalue weighted by Gasteiger charge is -2.26. The lowest BCUT2D eigenvalue weighted by Crippen LogP contribution is -2.40. The first-order valence-electron chi connectivity index (χ1n) is 13.9. The summed E-state index contributed by atoms with van der Waals surface area (Å²) in [6.07, 6.45) is 3.02. The molecule has 0 spiro atoms. The van der Waals surface area contributed by atoms with Crippen LogP contribution >= 0.6 is 0 Å². The Morgan fingerprint density at radius 3 is 2.30 bits per heavy atom. The maximum Gasteiger partial charge on any atom is 0.307 e. The number of rotatable bonds is 12. The molecule has 1 heterocycles. The fourth-order valence-electron chi connectivity index (χ4n) is 5.04. The summed E-state index contributed by atoms with van der Waals surface area (Å²) in [6.45, 7) is 9.03. The number of aryl methyl sites for hydroxylation is 2. The van der Waals surface area contributed by atoms with Crippen molar-refractivity contribution in [3.05, 3.63) is 93.4 Å². The zero-order chi connectivity index (χ0) is 29.4. The molecule has 0 bridgehead atoms. The van der Waals surface area contributed by atoms with Crippen LogP contribution in [0.2, 0.25) is 0 Å². The molecule has 40 heavy (non-hydrogen) atoms. The van der Waals surface area contributed by atoms with Gasteiger partial charge in [0.15, 0.2) is 0 Å². The maximum atomic E-state index is 13.9. The van der Waals surface area contributed by atoms with E-state index >= 15 is 0 Å². The number of hydrogen-bond acceptors (Lipinski definition) is 5. The Balaban J connectivity index is 1.99. The molecule has 2 aromatic carbocycles. The molecule has 0 saturated carbocycles. The molecule has 7 nitrogen and oxygen atoms in total. The van der Waals surface area contributed by atoms with Crippen molar-refractivity contribution in [3.63, 3.8) is 0 Å². The molecule has 3 rings (SSSR count). The molecule has 0 fully saturated rings. The third kappa shape index (κ3) is 8.15. The first-order chi connectivity index (χ1) is 19.0. The molecule has 0 saturated heterocycles. The number of pyridine rings is 1. The van der Waals surface area contributed by atoms with Gasteiger partial charge in [-0.1, -0.05) is 56.3 Å². The second kappa shape index (κ2) is 14.1. The average molecular weight is 546 g/mol. The highest BCUT2D eigenvalue weighted by Gasteiger charge is 2.27. The first kappa shape index (κ1) is 30.8. The minimum Gasteiger partial charge on any atom is -0.469 e. The van der Waals surface area contributed by atoms with Crippen LogP contribution in [0.3, 0.4) is 0 Å². The van der Waals surface area contributed by atoms with Crippen LogP contribution in [0.25, 0.3) is 11.1 Å². The third-order valence-electron chi connectivity index (χ3n) is 7.15. The normalized spacial score (nSPS) is 12.8. The summed E-state index contributed by atoms with van der Waals surface area (Å²) in [4.78, 5) is 41.4. The number of nitrogens with one attached hydrogen (secondary N) is 1. The number of amides is 1. The zero-order valence-corrected chi connectivity index (χ0v) is 24.9. The number of carbonyl (C=O) groups excluding carboxylic acids is 2. The lowest BCUT2D eigenvalue weighted by atomic mass is 9.92. The van der Waals surface area contributed by atoms with E-state index in [1.165, 1.54) is 13.2 Å². The second-order valence-corrected chi connectivity index (χ2v) is 11.2. The van der Waals surface area contributed by atoms with Gasteiger partial charge in [-0.15, -0.1) is 0 Å². The van der Waals surface area contributed by atoms with Crippen LogP contribution in [-0.4, -0.2) is 49.1 Å². The number of benzene rings is 2. The topological polar surface area (TPSA) is 80.6 Å². The molecule has 2 unspecified atom stereocenters. The Morgan fingerprint density at radius 1 is 1.00 bits per heavy atom. The number of ether oxygens (including phenoxy) is 1. The second-order valence-electron chi connectivity index (χ2n) is 11.2. The molecule has 0 aliphatic heterocycles. The van der Waals surface area contributed by atoms with Crippen molar-refractivity contribution in [1.29, 1.82) is 0 Å². The number of hydrogen-bond donors (Lipinski definition) is 1. The predicted molar refractivity (Wildman–Crippen MR) is 160 cm³/mol. The third-order valence-corrected chi connectivity index (χ3v) is 7.15.